The molecule has 0 spiro atoms. The van der Waals surface area contributed by atoms with E-state index in [4.69, 9.17) is 0 Å². The van der Waals surface area contributed by atoms with Gasteiger partial charge in [-0.25, -0.2) is 0 Å². The third kappa shape index (κ3) is 5.76. The van der Waals surface area contributed by atoms with Crippen molar-refractivity contribution >= 4 is 11.7 Å². The summed E-state index contributed by atoms with van der Waals surface area (Å²) >= 11 is 0. The van der Waals surface area contributed by atoms with Crippen LogP contribution in [-0.2, 0) is 11.2 Å². The smallest absolute Gasteiger partial charge is 0.227 e. The fraction of sp³-hybridized carbons (Fsp3) is 0.375. The van der Waals surface area contributed by atoms with Gasteiger partial charge in [-0.2, -0.15) is 0 Å². The Kier molecular flexibility index (Phi) is 8.05. The first-order valence-electron chi connectivity index (χ1n) is 13.0. The van der Waals surface area contributed by atoms with E-state index in [1.807, 2.05) is 61.5 Å². The van der Waals surface area contributed by atoms with Crippen LogP contribution in [0.5, 0.6) is 0 Å². The lowest BCUT2D eigenvalue weighted by molar-refractivity contribution is -0.123. The monoisotopic (exact) mass is 482 g/mol. The lowest BCUT2D eigenvalue weighted by Gasteiger charge is -2.46. The average Bonchev–Trinajstić information content (AvgIpc) is 2.90. The van der Waals surface area contributed by atoms with Gasteiger partial charge in [0.15, 0.2) is 5.78 Å². The average molecular weight is 483 g/mol. The molecule has 188 valence electrons. The zero-order valence-electron chi connectivity index (χ0n) is 22.0. The number of rotatable bonds is 8. The zero-order chi connectivity index (χ0) is 25.7. The Morgan fingerprint density at radius 2 is 1.56 bits per heavy atom. The Bertz CT molecular complexity index is 1190. The Balaban J connectivity index is 1.39. The van der Waals surface area contributed by atoms with Gasteiger partial charge in [-0.3, -0.25) is 9.59 Å². The van der Waals surface area contributed by atoms with Crippen LogP contribution >= 0.6 is 0 Å². The van der Waals surface area contributed by atoms with Crippen molar-refractivity contribution < 1.29 is 9.59 Å². The Morgan fingerprint density at radius 3 is 2.22 bits per heavy atom. The van der Waals surface area contributed by atoms with E-state index >= 15 is 0 Å². The lowest BCUT2D eigenvalue weighted by atomic mass is 9.74. The van der Waals surface area contributed by atoms with Crippen LogP contribution in [0.15, 0.2) is 78.9 Å². The molecule has 3 aromatic carbocycles. The lowest BCUT2D eigenvalue weighted by Crippen LogP contribution is -2.52. The summed E-state index contributed by atoms with van der Waals surface area (Å²) in [6, 6.07) is 25.6. The number of aryl methyl sites for hydroxylation is 1. The molecular weight excluding hydrogens is 444 g/mol. The molecule has 1 amide bonds. The summed E-state index contributed by atoms with van der Waals surface area (Å²) < 4.78 is 0. The molecule has 0 aromatic heterocycles. The standard InChI is InChI=1S/C32H38N2O2/c1-23-11-8-9-14-28(23)22-32(34(3)4)19-17-29(18-20-32)33-31(36)24(2)26-15-10-16-27(21-26)30(35)25-12-6-5-7-13-25/h5-16,21,24,29H,17-20,22H2,1-4H3,(H,33,36). The van der Waals surface area contributed by atoms with Gasteiger partial charge >= 0.3 is 0 Å². The third-order valence-electron chi connectivity index (χ3n) is 8.07. The van der Waals surface area contributed by atoms with E-state index in [1.54, 1.807) is 0 Å². The number of hydrogen-bond acceptors (Lipinski definition) is 3. The van der Waals surface area contributed by atoms with E-state index < -0.39 is 0 Å². The molecule has 1 unspecified atom stereocenters. The number of carbonyl (C=O) groups is 2. The molecule has 1 aliphatic carbocycles. The fourth-order valence-electron chi connectivity index (χ4n) is 5.43. The number of hydrogen-bond donors (Lipinski definition) is 1. The van der Waals surface area contributed by atoms with Crippen LogP contribution in [0, 0.1) is 6.92 Å². The van der Waals surface area contributed by atoms with E-state index in [-0.39, 0.29) is 29.2 Å². The normalized spacial score (nSPS) is 20.6. The summed E-state index contributed by atoms with van der Waals surface area (Å²) in [5.74, 6) is -0.312. The minimum atomic E-state index is -0.318. The van der Waals surface area contributed by atoms with Crippen molar-refractivity contribution in [3.8, 4) is 0 Å². The van der Waals surface area contributed by atoms with E-state index in [0.717, 1.165) is 37.7 Å². The molecule has 0 saturated heterocycles. The van der Waals surface area contributed by atoms with Gasteiger partial charge in [-0.1, -0.05) is 72.8 Å². The second kappa shape index (κ2) is 11.2. The van der Waals surface area contributed by atoms with Gasteiger partial charge in [0, 0.05) is 22.7 Å². The van der Waals surface area contributed by atoms with Gasteiger partial charge in [0.05, 0.1) is 5.92 Å². The molecular formula is C32H38N2O2. The molecule has 4 heteroatoms. The number of amides is 1. The van der Waals surface area contributed by atoms with Crippen LogP contribution in [0.25, 0.3) is 0 Å². The van der Waals surface area contributed by atoms with E-state index in [2.05, 4.69) is 55.5 Å². The molecule has 3 aromatic rings. The third-order valence-corrected chi connectivity index (χ3v) is 8.07. The fourth-order valence-corrected chi connectivity index (χ4v) is 5.43. The van der Waals surface area contributed by atoms with Crippen molar-refractivity contribution in [2.75, 3.05) is 14.1 Å². The summed E-state index contributed by atoms with van der Waals surface area (Å²) in [5, 5.41) is 3.31. The molecule has 36 heavy (non-hydrogen) atoms. The molecule has 1 fully saturated rings. The minimum absolute atomic E-state index is 0.0222. The molecule has 4 nitrogen and oxygen atoms in total. The predicted molar refractivity (Wildman–Crippen MR) is 146 cm³/mol. The topological polar surface area (TPSA) is 49.4 Å². The molecule has 1 N–H and O–H groups in total. The van der Waals surface area contributed by atoms with E-state index in [0.29, 0.717) is 11.1 Å². The first-order chi connectivity index (χ1) is 17.3. The number of nitrogens with zero attached hydrogens (tertiary/aromatic N) is 1. The van der Waals surface area contributed by atoms with E-state index in [1.165, 1.54) is 11.1 Å². The van der Waals surface area contributed by atoms with Crippen LogP contribution < -0.4 is 5.32 Å². The molecule has 0 bridgehead atoms. The van der Waals surface area contributed by atoms with Crippen molar-refractivity contribution in [2.45, 2.75) is 63.5 Å². The minimum Gasteiger partial charge on any atom is -0.353 e. The number of likely N-dealkylation sites (N-methyl/N-ethyl adjacent to an activating group) is 1. The van der Waals surface area contributed by atoms with Gasteiger partial charge in [-0.05, 0) is 82.8 Å². The van der Waals surface area contributed by atoms with Crippen molar-refractivity contribution in [1.82, 2.24) is 10.2 Å². The van der Waals surface area contributed by atoms with Crippen LogP contribution in [0.4, 0.5) is 0 Å². The van der Waals surface area contributed by atoms with Crippen molar-refractivity contribution in [3.63, 3.8) is 0 Å². The molecule has 0 radical (unpaired) electrons. The largest absolute Gasteiger partial charge is 0.353 e. The van der Waals surface area contributed by atoms with Crippen LogP contribution in [0.3, 0.4) is 0 Å². The molecule has 1 atom stereocenters. The highest BCUT2D eigenvalue weighted by atomic mass is 16.2. The first kappa shape index (κ1) is 25.8. The molecule has 1 saturated carbocycles. The first-order valence-corrected chi connectivity index (χ1v) is 13.0. The summed E-state index contributed by atoms with van der Waals surface area (Å²) in [4.78, 5) is 28.4. The molecule has 0 heterocycles. The van der Waals surface area contributed by atoms with E-state index in [9.17, 15) is 9.59 Å². The SMILES string of the molecule is Cc1ccccc1CC1(N(C)C)CCC(NC(=O)C(C)c2cccc(C(=O)c3ccccc3)c2)CC1. The Labute approximate surface area is 215 Å². The number of carbonyl (C=O) groups excluding carboxylic acids is 2. The second-order valence-corrected chi connectivity index (χ2v) is 10.5. The molecule has 4 rings (SSSR count). The highest BCUT2D eigenvalue weighted by Gasteiger charge is 2.38. The number of ketones is 1. The number of benzene rings is 3. The van der Waals surface area contributed by atoms with Crippen LogP contribution in [-0.4, -0.2) is 42.3 Å². The Morgan fingerprint density at radius 1 is 0.917 bits per heavy atom. The summed E-state index contributed by atoms with van der Waals surface area (Å²) in [6.07, 6.45) is 5.07. The summed E-state index contributed by atoms with van der Waals surface area (Å²) in [6.45, 7) is 4.11. The highest BCUT2D eigenvalue weighted by Crippen LogP contribution is 2.36. The maximum atomic E-state index is 13.2. The number of nitrogens with one attached hydrogen (secondary N) is 1. The van der Waals surface area contributed by atoms with Crippen LogP contribution in [0.1, 0.15) is 71.1 Å². The van der Waals surface area contributed by atoms with Gasteiger partial charge in [0.1, 0.15) is 0 Å². The van der Waals surface area contributed by atoms with Gasteiger partial charge in [0.2, 0.25) is 5.91 Å². The van der Waals surface area contributed by atoms with Gasteiger partial charge in [-0.15, -0.1) is 0 Å². The highest BCUT2D eigenvalue weighted by molar-refractivity contribution is 6.09. The van der Waals surface area contributed by atoms with Crippen LogP contribution in [0.2, 0.25) is 0 Å². The summed E-state index contributed by atoms with van der Waals surface area (Å²) in [5.41, 5.74) is 5.01. The van der Waals surface area contributed by atoms with Crippen molar-refractivity contribution in [3.05, 3.63) is 107 Å². The predicted octanol–water partition coefficient (Wildman–Crippen LogP) is 5.93. The zero-order valence-corrected chi connectivity index (χ0v) is 22.0. The molecule has 0 aliphatic heterocycles. The van der Waals surface area contributed by atoms with Crippen molar-refractivity contribution in [1.29, 1.82) is 0 Å². The molecule has 1 aliphatic rings. The van der Waals surface area contributed by atoms with Gasteiger partial charge in [0.25, 0.3) is 0 Å². The maximum absolute atomic E-state index is 13.2. The van der Waals surface area contributed by atoms with Crippen molar-refractivity contribution in [2.24, 2.45) is 0 Å². The second-order valence-electron chi connectivity index (χ2n) is 10.5. The quantitative estimate of drug-likeness (QED) is 0.405. The maximum Gasteiger partial charge on any atom is 0.227 e. The Hall–Kier alpha value is -3.24. The summed E-state index contributed by atoms with van der Waals surface area (Å²) in [7, 11) is 4.37. The van der Waals surface area contributed by atoms with Gasteiger partial charge < -0.3 is 10.2 Å².